The van der Waals surface area contributed by atoms with E-state index in [1.54, 1.807) is 0 Å². The third kappa shape index (κ3) is 4.46. The summed E-state index contributed by atoms with van der Waals surface area (Å²) in [5.41, 5.74) is 6.92. The summed E-state index contributed by atoms with van der Waals surface area (Å²) in [5, 5.41) is 0. The highest BCUT2D eigenvalue weighted by atomic mass is 15.1. The van der Waals surface area contributed by atoms with Gasteiger partial charge in [-0.2, -0.15) is 0 Å². The van der Waals surface area contributed by atoms with E-state index in [1.165, 1.54) is 58.0 Å². The summed E-state index contributed by atoms with van der Waals surface area (Å²) in [5.74, 6) is 1.70. The van der Waals surface area contributed by atoms with Gasteiger partial charge in [-0.3, -0.25) is 0 Å². The lowest BCUT2D eigenvalue weighted by Gasteiger charge is -2.30. The van der Waals surface area contributed by atoms with Gasteiger partial charge in [-0.1, -0.05) is 33.6 Å². The lowest BCUT2D eigenvalue weighted by atomic mass is 9.77. The van der Waals surface area contributed by atoms with Crippen LogP contribution in [0.2, 0.25) is 0 Å². The molecule has 112 valence electrons. The SMILES string of the molecule is CC(C)(C)C1CCCN(CC(N)C2CCCC2)CC1. The van der Waals surface area contributed by atoms with E-state index < -0.39 is 0 Å². The van der Waals surface area contributed by atoms with Gasteiger partial charge in [0.05, 0.1) is 0 Å². The smallest absolute Gasteiger partial charge is 0.0196 e. The van der Waals surface area contributed by atoms with Crippen LogP contribution in [0.25, 0.3) is 0 Å². The van der Waals surface area contributed by atoms with Crippen LogP contribution >= 0.6 is 0 Å². The average Bonchev–Trinajstić information content (AvgIpc) is 2.75. The third-order valence-electron chi connectivity index (χ3n) is 5.52. The Morgan fingerprint density at radius 3 is 2.32 bits per heavy atom. The summed E-state index contributed by atoms with van der Waals surface area (Å²) in [6, 6.07) is 0.425. The van der Waals surface area contributed by atoms with Crippen LogP contribution in [0, 0.1) is 17.3 Å². The van der Waals surface area contributed by atoms with Crippen LogP contribution in [0.5, 0.6) is 0 Å². The molecule has 2 N–H and O–H groups in total. The van der Waals surface area contributed by atoms with Crippen molar-refractivity contribution in [1.29, 1.82) is 0 Å². The van der Waals surface area contributed by atoms with E-state index in [0.29, 0.717) is 11.5 Å². The van der Waals surface area contributed by atoms with Crippen LogP contribution in [-0.4, -0.2) is 30.6 Å². The van der Waals surface area contributed by atoms with E-state index in [0.717, 1.165) is 18.4 Å². The number of nitrogens with two attached hydrogens (primary N) is 1. The maximum Gasteiger partial charge on any atom is 0.0196 e. The van der Waals surface area contributed by atoms with E-state index in [1.807, 2.05) is 0 Å². The molecule has 2 rings (SSSR count). The van der Waals surface area contributed by atoms with Crippen molar-refractivity contribution in [2.24, 2.45) is 23.0 Å². The Morgan fingerprint density at radius 1 is 1.00 bits per heavy atom. The maximum absolute atomic E-state index is 6.44. The van der Waals surface area contributed by atoms with Gasteiger partial charge < -0.3 is 10.6 Å². The van der Waals surface area contributed by atoms with Gasteiger partial charge in [-0.05, 0) is 62.4 Å². The first kappa shape index (κ1) is 15.3. The fourth-order valence-corrected chi connectivity index (χ4v) is 4.04. The maximum atomic E-state index is 6.44. The fourth-order valence-electron chi connectivity index (χ4n) is 4.04. The molecule has 0 amide bonds. The van der Waals surface area contributed by atoms with E-state index >= 15 is 0 Å². The molecule has 2 aliphatic rings. The molecule has 0 aromatic heterocycles. The summed E-state index contributed by atoms with van der Waals surface area (Å²) in [6.07, 6.45) is 9.69. The molecular formula is C17H34N2. The molecule has 0 aromatic carbocycles. The minimum absolute atomic E-state index is 0.425. The lowest BCUT2D eigenvalue weighted by Crippen LogP contribution is -2.42. The molecule has 0 spiro atoms. The van der Waals surface area contributed by atoms with Crippen molar-refractivity contribution in [3.05, 3.63) is 0 Å². The van der Waals surface area contributed by atoms with E-state index in [9.17, 15) is 0 Å². The van der Waals surface area contributed by atoms with Gasteiger partial charge in [0.15, 0.2) is 0 Å². The summed E-state index contributed by atoms with van der Waals surface area (Å²) in [7, 11) is 0. The first-order chi connectivity index (χ1) is 8.97. The molecule has 1 aliphatic carbocycles. The topological polar surface area (TPSA) is 29.3 Å². The summed E-state index contributed by atoms with van der Waals surface area (Å²) in [6.45, 7) is 10.9. The molecule has 2 nitrogen and oxygen atoms in total. The second kappa shape index (κ2) is 6.58. The zero-order valence-corrected chi connectivity index (χ0v) is 13.3. The third-order valence-corrected chi connectivity index (χ3v) is 5.52. The van der Waals surface area contributed by atoms with Crippen LogP contribution in [0.1, 0.15) is 65.7 Å². The average molecular weight is 266 g/mol. The molecule has 0 radical (unpaired) electrons. The van der Waals surface area contributed by atoms with Crippen molar-refractivity contribution >= 4 is 0 Å². The highest BCUT2D eigenvalue weighted by Gasteiger charge is 2.29. The second-order valence-corrected chi connectivity index (χ2v) is 8.00. The normalized spacial score (nSPS) is 29.4. The molecule has 1 heterocycles. The Hall–Kier alpha value is -0.0800. The first-order valence-corrected chi connectivity index (χ1v) is 8.45. The minimum Gasteiger partial charge on any atom is -0.326 e. The predicted molar refractivity (Wildman–Crippen MR) is 83.2 cm³/mol. The zero-order chi connectivity index (χ0) is 13.9. The molecule has 1 saturated carbocycles. The molecule has 1 saturated heterocycles. The first-order valence-electron chi connectivity index (χ1n) is 8.45. The van der Waals surface area contributed by atoms with Gasteiger partial charge in [0.1, 0.15) is 0 Å². The molecular weight excluding hydrogens is 232 g/mol. The van der Waals surface area contributed by atoms with Gasteiger partial charge in [-0.15, -0.1) is 0 Å². The van der Waals surface area contributed by atoms with Crippen LogP contribution in [0.15, 0.2) is 0 Å². The van der Waals surface area contributed by atoms with Crippen LogP contribution < -0.4 is 5.73 Å². The monoisotopic (exact) mass is 266 g/mol. The molecule has 0 bridgehead atoms. The van der Waals surface area contributed by atoms with E-state index in [4.69, 9.17) is 5.73 Å². The van der Waals surface area contributed by atoms with E-state index in [2.05, 4.69) is 25.7 Å². The number of likely N-dealkylation sites (tertiary alicyclic amines) is 1. The van der Waals surface area contributed by atoms with Crippen molar-refractivity contribution in [2.45, 2.75) is 71.8 Å². The predicted octanol–water partition coefficient (Wildman–Crippen LogP) is 3.65. The lowest BCUT2D eigenvalue weighted by molar-refractivity contribution is 0.200. The Labute approximate surface area is 120 Å². The Bertz CT molecular complexity index is 263. The minimum atomic E-state index is 0.425. The molecule has 2 fully saturated rings. The fraction of sp³-hybridized carbons (Fsp3) is 1.00. The van der Waals surface area contributed by atoms with Crippen molar-refractivity contribution in [3.63, 3.8) is 0 Å². The molecule has 0 aromatic rings. The van der Waals surface area contributed by atoms with Crippen molar-refractivity contribution in [2.75, 3.05) is 19.6 Å². The highest BCUT2D eigenvalue weighted by Crippen LogP contribution is 2.34. The van der Waals surface area contributed by atoms with Crippen LogP contribution in [0.4, 0.5) is 0 Å². The van der Waals surface area contributed by atoms with Gasteiger partial charge >= 0.3 is 0 Å². The summed E-state index contributed by atoms with van der Waals surface area (Å²) in [4.78, 5) is 2.65. The Morgan fingerprint density at radius 2 is 1.68 bits per heavy atom. The molecule has 2 unspecified atom stereocenters. The van der Waals surface area contributed by atoms with Gasteiger partial charge in [0, 0.05) is 12.6 Å². The second-order valence-electron chi connectivity index (χ2n) is 8.00. The molecule has 1 aliphatic heterocycles. The molecule has 19 heavy (non-hydrogen) atoms. The number of hydrogen-bond acceptors (Lipinski definition) is 2. The molecule has 2 heteroatoms. The van der Waals surface area contributed by atoms with Gasteiger partial charge in [0.25, 0.3) is 0 Å². The van der Waals surface area contributed by atoms with Crippen LogP contribution in [-0.2, 0) is 0 Å². The zero-order valence-electron chi connectivity index (χ0n) is 13.3. The van der Waals surface area contributed by atoms with E-state index in [-0.39, 0.29) is 0 Å². The van der Waals surface area contributed by atoms with Crippen LogP contribution in [0.3, 0.4) is 0 Å². The Balaban J connectivity index is 1.79. The number of rotatable bonds is 3. The quantitative estimate of drug-likeness (QED) is 0.845. The summed E-state index contributed by atoms with van der Waals surface area (Å²) < 4.78 is 0. The van der Waals surface area contributed by atoms with Gasteiger partial charge in [-0.25, -0.2) is 0 Å². The standard InChI is InChI=1S/C17H34N2/c1-17(2,3)15-9-6-11-19(12-10-15)13-16(18)14-7-4-5-8-14/h14-16H,4-13,18H2,1-3H3. The van der Waals surface area contributed by atoms with Crippen molar-refractivity contribution < 1.29 is 0 Å². The summed E-state index contributed by atoms with van der Waals surface area (Å²) >= 11 is 0. The van der Waals surface area contributed by atoms with Crippen molar-refractivity contribution in [1.82, 2.24) is 4.90 Å². The number of hydrogen-bond donors (Lipinski definition) is 1. The highest BCUT2D eigenvalue weighted by molar-refractivity contribution is 4.83. The largest absolute Gasteiger partial charge is 0.326 e. The Kier molecular flexibility index (Phi) is 5.30. The van der Waals surface area contributed by atoms with Gasteiger partial charge in [0.2, 0.25) is 0 Å². The van der Waals surface area contributed by atoms with Crippen molar-refractivity contribution in [3.8, 4) is 0 Å². The number of nitrogens with zero attached hydrogens (tertiary/aromatic N) is 1. The molecule has 2 atom stereocenters.